The Morgan fingerprint density at radius 3 is 2.61 bits per heavy atom. The smallest absolute Gasteiger partial charge is 0.122 e. The number of methoxy groups -OCH3 is 1. The van der Waals surface area contributed by atoms with E-state index < -0.39 is 0 Å². The molecule has 0 unspecified atom stereocenters. The monoisotopic (exact) mass is 251 g/mol. The third-order valence-electron chi connectivity index (χ3n) is 3.26. The average Bonchev–Trinajstić information content (AvgIpc) is 2.38. The molecule has 0 heterocycles. The quantitative estimate of drug-likeness (QED) is 0.729. The second-order valence-corrected chi connectivity index (χ2v) is 5.17. The lowest BCUT2D eigenvalue weighted by atomic mass is 9.83. The Morgan fingerprint density at radius 2 is 2.06 bits per heavy atom. The molecule has 18 heavy (non-hydrogen) atoms. The molecule has 102 valence electrons. The van der Waals surface area contributed by atoms with Crippen molar-refractivity contribution in [2.75, 3.05) is 26.8 Å². The van der Waals surface area contributed by atoms with Crippen molar-refractivity contribution in [1.82, 2.24) is 5.32 Å². The van der Waals surface area contributed by atoms with Gasteiger partial charge in [0, 0.05) is 24.1 Å². The minimum atomic E-state index is -0.0221. The largest absolute Gasteiger partial charge is 0.496 e. The fourth-order valence-electron chi connectivity index (χ4n) is 2.08. The zero-order valence-electron chi connectivity index (χ0n) is 11.9. The topological polar surface area (TPSA) is 41.5 Å². The standard InChI is InChI=1S/C15H25NO2/c1-5-12-6-7-14(18-4)13(10-12)15(2,3)11-16-8-9-17/h6-7,10,16-17H,5,8-9,11H2,1-4H3. The highest BCUT2D eigenvalue weighted by atomic mass is 16.5. The van der Waals surface area contributed by atoms with Crippen LogP contribution >= 0.6 is 0 Å². The molecule has 0 saturated heterocycles. The molecule has 0 spiro atoms. The Labute approximate surface area is 110 Å². The van der Waals surface area contributed by atoms with E-state index in [9.17, 15) is 0 Å². The number of rotatable bonds is 7. The van der Waals surface area contributed by atoms with Crippen molar-refractivity contribution in [3.8, 4) is 5.75 Å². The van der Waals surface area contributed by atoms with Gasteiger partial charge in [-0.1, -0.05) is 32.9 Å². The molecule has 0 aromatic heterocycles. The normalized spacial score (nSPS) is 11.6. The Bertz CT molecular complexity index is 375. The third-order valence-corrected chi connectivity index (χ3v) is 3.26. The SMILES string of the molecule is CCc1ccc(OC)c(C(C)(C)CNCCO)c1. The van der Waals surface area contributed by atoms with Crippen LogP contribution in [-0.4, -0.2) is 31.9 Å². The van der Waals surface area contributed by atoms with Crippen molar-refractivity contribution >= 4 is 0 Å². The fourth-order valence-corrected chi connectivity index (χ4v) is 2.08. The van der Waals surface area contributed by atoms with Crippen LogP contribution in [0.4, 0.5) is 0 Å². The van der Waals surface area contributed by atoms with E-state index in [1.54, 1.807) is 7.11 Å². The van der Waals surface area contributed by atoms with Crippen LogP contribution in [-0.2, 0) is 11.8 Å². The van der Waals surface area contributed by atoms with Crippen LogP contribution in [0.25, 0.3) is 0 Å². The zero-order valence-corrected chi connectivity index (χ0v) is 11.9. The summed E-state index contributed by atoms with van der Waals surface area (Å²) < 4.78 is 5.46. The predicted octanol–water partition coefficient (Wildman–Crippen LogP) is 2.12. The van der Waals surface area contributed by atoms with E-state index in [0.29, 0.717) is 6.54 Å². The number of aryl methyl sites for hydroxylation is 1. The first-order valence-corrected chi connectivity index (χ1v) is 6.54. The molecule has 0 aliphatic heterocycles. The lowest BCUT2D eigenvalue weighted by molar-refractivity contribution is 0.286. The van der Waals surface area contributed by atoms with Crippen LogP contribution in [0.15, 0.2) is 18.2 Å². The van der Waals surface area contributed by atoms with Gasteiger partial charge >= 0.3 is 0 Å². The zero-order chi connectivity index (χ0) is 13.6. The molecule has 2 N–H and O–H groups in total. The van der Waals surface area contributed by atoms with Crippen LogP contribution in [0.3, 0.4) is 0 Å². The van der Waals surface area contributed by atoms with E-state index in [0.717, 1.165) is 18.7 Å². The third kappa shape index (κ3) is 3.72. The molecule has 3 nitrogen and oxygen atoms in total. The Hall–Kier alpha value is -1.06. The molecular weight excluding hydrogens is 226 g/mol. The van der Waals surface area contributed by atoms with Crippen molar-refractivity contribution in [3.05, 3.63) is 29.3 Å². The fraction of sp³-hybridized carbons (Fsp3) is 0.600. The number of nitrogens with one attached hydrogen (secondary N) is 1. The molecule has 0 aliphatic carbocycles. The molecule has 0 atom stereocenters. The number of benzene rings is 1. The minimum absolute atomic E-state index is 0.0221. The van der Waals surface area contributed by atoms with Gasteiger partial charge in [-0.2, -0.15) is 0 Å². The summed E-state index contributed by atoms with van der Waals surface area (Å²) in [5.74, 6) is 0.933. The lowest BCUT2D eigenvalue weighted by Crippen LogP contribution is -2.34. The van der Waals surface area contributed by atoms with Gasteiger partial charge in [-0.15, -0.1) is 0 Å². The molecule has 0 fully saturated rings. The van der Waals surface area contributed by atoms with Crippen LogP contribution in [0, 0.1) is 0 Å². The van der Waals surface area contributed by atoms with Crippen LogP contribution in [0.5, 0.6) is 5.75 Å². The summed E-state index contributed by atoms with van der Waals surface area (Å²) in [6.45, 7) is 8.14. The van der Waals surface area contributed by atoms with Gasteiger partial charge in [-0.3, -0.25) is 0 Å². The molecule has 3 heteroatoms. The summed E-state index contributed by atoms with van der Waals surface area (Å²) in [4.78, 5) is 0. The highest BCUT2D eigenvalue weighted by Crippen LogP contribution is 2.32. The Morgan fingerprint density at radius 1 is 1.33 bits per heavy atom. The molecule has 0 saturated carbocycles. The first-order valence-electron chi connectivity index (χ1n) is 6.54. The summed E-state index contributed by atoms with van der Waals surface area (Å²) >= 11 is 0. The van der Waals surface area contributed by atoms with Gasteiger partial charge in [-0.25, -0.2) is 0 Å². The maximum atomic E-state index is 8.83. The molecule has 0 amide bonds. The molecule has 0 radical (unpaired) electrons. The summed E-state index contributed by atoms with van der Waals surface area (Å²) in [5.41, 5.74) is 2.52. The van der Waals surface area contributed by atoms with Crippen LogP contribution < -0.4 is 10.1 Å². The van der Waals surface area contributed by atoms with E-state index in [2.05, 4.69) is 38.2 Å². The summed E-state index contributed by atoms with van der Waals surface area (Å²) in [6, 6.07) is 6.38. The molecular formula is C15H25NO2. The van der Waals surface area contributed by atoms with Crippen molar-refractivity contribution in [2.45, 2.75) is 32.6 Å². The maximum absolute atomic E-state index is 8.83. The predicted molar refractivity (Wildman–Crippen MR) is 75.4 cm³/mol. The first-order chi connectivity index (χ1) is 8.55. The highest BCUT2D eigenvalue weighted by molar-refractivity contribution is 5.42. The number of ether oxygens (including phenoxy) is 1. The average molecular weight is 251 g/mol. The van der Waals surface area contributed by atoms with E-state index in [-0.39, 0.29) is 12.0 Å². The molecule has 1 aromatic rings. The second-order valence-electron chi connectivity index (χ2n) is 5.17. The van der Waals surface area contributed by atoms with Gasteiger partial charge in [0.05, 0.1) is 13.7 Å². The summed E-state index contributed by atoms with van der Waals surface area (Å²) in [7, 11) is 1.71. The first kappa shape index (κ1) is 15.0. The van der Waals surface area contributed by atoms with E-state index >= 15 is 0 Å². The Balaban J connectivity index is 2.96. The van der Waals surface area contributed by atoms with Gasteiger partial charge in [0.15, 0.2) is 0 Å². The van der Waals surface area contributed by atoms with Crippen LogP contribution in [0.2, 0.25) is 0 Å². The van der Waals surface area contributed by atoms with Crippen molar-refractivity contribution in [2.24, 2.45) is 0 Å². The van der Waals surface area contributed by atoms with Crippen LogP contribution in [0.1, 0.15) is 31.9 Å². The van der Waals surface area contributed by atoms with Gasteiger partial charge in [-0.05, 0) is 18.1 Å². The van der Waals surface area contributed by atoms with Crippen molar-refractivity contribution in [1.29, 1.82) is 0 Å². The number of hydrogen-bond donors (Lipinski definition) is 2. The van der Waals surface area contributed by atoms with Gasteiger partial charge < -0.3 is 15.2 Å². The van der Waals surface area contributed by atoms with E-state index in [4.69, 9.17) is 9.84 Å². The number of hydrogen-bond acceptors (Lipinski definition) is 3. The second kappa shape index (κ2) is 6.76. The molecule has 1 aromatic carbocycles. The van der Waals surface area contributed by atoms with Gasteiger partial charge in [0.25, 0.3) is 0 Å². The number of aliphatic hydroxyl groups excluding tert-OH is 1. The highest BCUT2D eigenvalue weighted by Gasteiger charge is 2.24. The molecule has 0 bridgehead atoms. The summed E-state index contributed by atoms with van der Waals surface area (Å²) in [6.07, 6.45) is 1.02. The van der Waals surface area contributed by atoms with E-state index in [1.807, 2.05) is 6.07 Å². The Kier molecular flexibility index (Phi) is 5.63. The maximum Gasteiger partial charge on any atom is 0.122 e. The van der Waals surface area contributed by atoms with Gasteiger partial charge in [0.2, 0.25) is 0 Å². The molecule has 0 aliphatic rings. The van der Waals surface area contributed by atoms with Crippen molar-refractivity contribution < 1.29 is 9.84 Å². The van der Waals surface area contributed by atoms with E-state index in [1.165, 1.54) is 11.1 Å². The lowest BCUT2D eigenvalue weighted by Gasteiger charge is -2.28. The minimum Gasteiger partial charge on any atom is -0.496 e. The summed E-state index contributed by atoms with van der Waals surface area (Å²) in [5, 5.41) is 12.1. The molecule has 1 rings (SSSR count). The van der Waals surface area contributed by atoms with Gasteiger partial charge in [0.1, 0.15) is 5.75 Å². The van der Waals surface area contributed by atoms with Crippen molar-refractivity contribution in [3.63, 3.8) is 0 Å². The number of aliphatic hydroxyl groups is 1.